The van der Waals surface area contributed by atoms with Crippen LogP contribution in [-0.2, 0) is 4.74 Å². The van der Waals surface area contributed by atoms with Crippen LogP contribution in [0.4, 0.5) is 0 Å². The number of methoxy groups -OCH3 is 1. The predicted octanol–water partition coefficient (Wildman–Crippen LogP) is 0.528. The second-order valence-corrected chi connectivity index (χ2v) is 4.51. The molecule has 0 heterocycles. The van der Waals surface area contributed by atoms with Gasteiger partial charge >= 0.3 is 0 Å². The van der Waals surface area contributed by atoms with Crippen molar-refractivity contribution in [3.05, 3.63) is 0 Å². The molecule has 1 aliphatic carbocycles. The SMILES string of the molecule is COCC(C)NCC1(CC(N)=NO)CC1. The number of rotatable bonds is 7. The first-order valence-corrected chi connectivity index (χ1v) is 5.30. The van der Waals surface area contributed by atoms with Gasteiger partial charge in [0.25, 0.3) is 0 Å². The topological polar surface area (TPSA) is 79.9 Å². The lowest BCUT2D eigenvalue weighted by atomic mass is 10.0. The van der Waals surface area contributed by atoms with Gasteiger partial charge in [-0.2, -0.15) is 0 Å². The third-order valence-electron chi connectivity index (χ3n) is 2.88. The Hall–Kier alpha value is -0.810. The molecule has 1 saturated carbocycles. The van der Waals surface area contributed by atoms with Crippen molar-refractivity contribution >= 4 is 5.84 Å². The van der Waals surface area contributed by atoms with E-state index in [9.17, 15) is 0 Å². The molecule has 1 aliphatic rings. The second-order valence-electron chi connectivity index (χ2n) is 4.51. The summed E-state index contributed by atoms with van der Waals surface area (Å²) < 4.78 is 5.04. The van der Waals surface area contributed by atoms with Crippen molar-refractivity contribution in [2.24, 2.45) is 16.3 Å². The van der Waals surface area contributed by atoms with E-state index < -0.39 is 0 Å². The Balaban J connectivity index is 2.25. The smallest absolute Gasteiger partial charge is 0.139 e. The fraction of sp³-hybridized carbons (Fsp3) is 0.900. The number of nitrogens with one attached hydrogen (secondary N) is 1. The maximum absolute atomic E-state index is 8.51. The number of hydrogen-bond acceptors (Lipinski definition) is 4. The Kier molecular flexibility index (Phi) is 4.35. The lowest BCUT2D eigenvalue weighted by Gasteiger charge is -2.19. The van der Waals surface area contributed by atoms with Gasteiger partial charge in [-0.1, -0.05) is 5.16 Å². The highest BCUT2D eigenvalue weighted by atomic mass is 16.5. The normalized spacial score (nSPS) is 21.3. The number of ether oxygens (including phenoxy) is 1. The molecule has 0 saturated heterocycles. The number of nitrogens with zero attached hydrogens (tertiary/aromatic N) is 1. The first kappa shape index (κ1) is 12.3. The van der Waals surface area contributed by atoms with E-state index in [4.69, 9.17) is 15.7 Å². The summed E-state index contributed by atoms with van der Waals surface area (Å²) in [7, 11) is 1.70. The minimum absolute atomic E-state index is 0.221. The van der Waals surface area contributed by atoms with E-state index in [0.717, 1.165) is 19.4 Å². The lowest BCUT2D eigenvalue weighted by Crippen LogP contribution is -2.36. The summed E-state index contributed by atoms with van der Waals surface area (Å²) in [4.78, 5) is 0. The second kappa shape index (κ2) is 5.32. The molecule has 0 radical (unpaired) electrons. The third-order valence-corrected chi connectivity index (χ3v) is 2.88. The summed E-state index contributed by atoms with van der Waals surface area (Å²) in [5.41, 5.74) is 5.73. The molecular formula is C10H21N3O2. The monoisotopic (exact) mass is 215 g/mol. The minimum Gasteiger partial charge on any atom is -0.409 e. The van der Waals surface area contributed by atoms with Crippen LogP contribution in [0.1, 0.15) is 26.2 Å². The van der Waals surface area contributed by atoms with Gasteiger partial charge in [0.2, 0.25) is 0 Å². The van der Waals surface area contributed by atoms with Gasteiger partial charge in [-0.3, -0.25) is 0 Å². The van der Waals surface area contributed by atoms with Crippen molar-refractivity contribution in [3.63, 3.8) is 0 Å². The largest absolute Gasteiger partial charge is 0.409 e. The molecule has 1 fully saturated rings. The van der Waals surface area contributed by atoms with E-state index in [2.05, 4.69) is 17.4 Å². The molecule has 0 aliphatic heterocycles. The number of amidine groups is 1. The van der Waals surface area contributed by atoms with Gasteiger partial charge in [-0.05, 0) is 25.2 Å². The van der Waals surface area contributed by atoms with Gasteiger partial charge in [0.15, 0.2) is 0 Å². The van der Waals surface area contributed by atoms with Crippen molar-refractivity contribution in [3.8, 4) is 0 Å². The molecule has 88 valence electrons. The molecule has 0 amide bonds. The maximum Gasteiger partial charge on any atom is 0.139 e. The van der Waals surface area contributed by atoms with Crippen LogP contribution in [0.3, 0.4) is 0 Å². The Labute approximate surface area is 90.7 Å². The van der Waals surface area contributed by atoms with Crippen LogP contribution in [-0.4, -0.2) is 37.3 Å². The van der Waals surface area contributed by atoms with Crippen molar-refractivity contribution < 1.29 is 9.94 Å². The molecular weight excluding hydrogens is 194 g/mol. The Morgan fingerprint density at radius 2 is 2.33 bits per heavy atom. The van der Waals surface area contributed by atoms with Crippen LogP contribution < -0.4 is 11.1 Å². The van der Waals surface area contributed by atoms with Crippen LogP contribution in [0.2, 0.25) is 0 Å². The molecule has 4 N–H and O–H groups in total. The fourth-order valence-electron chi connectivity index (χ4n) is 1.71. The summed E-state index contributed by atoms with van der Waals surface area (Å²) in [6.45, 7) is 3.70. The van der Waals surface area contributed by atoms with E-state index >= 15 is 0 Å². The minimum atomic E-state index is 0.221. The van der Waals surface area contributed by atoms with Gasteiger partial charge in [0.05, 0.1) is 6.61 Å². The van der Waals surface area contributed by atoms with Gasteiger partial charge in [0, 0.05) is 26.1 Å². The summed E-state index contributed by atoms with van der Waals surface area (Å²) in [6.07, 6.45) is 2.97. The van der Waals surface area contributed by atoms with E-state index in [1.165, 1.54) is 0 Å². The van der Waals surface area contributed by atoms with Crippen LogP contribution >= 0.6 is 0 Å². The van der Waals surface area contributed by atoms with E-state index in [-0.39, 0.29) is 5.41 Å². The summed E-state index contributed by atoms with van der Waals surface area (Å²) in [5, 5.41) is 14.9. The molecule has 0 aromatic heterocycles. The zero-order chi connectivity index (χ0) is 11.3. The molecule has 0 aromatic rings. The average molecular weight is 215 g/mol. The molecule has 15 heavy (non-hydrogen) atoms. The summed E-state index contributed by atoms with van der Waals surface area (Å²) >= 11 is 0. The Bertz CT molecular complexity index is 227. The Morgan fingerprint density at radius 3 is 2.80 bits per heavy atom. The highest BCUT2D eigenvalue weighted by Crippen LogP contribution is 2.48. The summed E-state index contributed by atoms with van der Waals surface area (Å²) in [6, 6.07) is 0.347. The van der Waals surface area contributed by atoms with E-state index in [1.807, 2.05) is 0 Å². The van der Waals surface area contributed by atoms with Crippen molar-refractivity contribution in [1.82, 2.24) is 5.32 Å². The quantitative estimate of drug-likeness (QED) is 0.250. The van der Waals surface area contributed by atoms with Crippen LogP contribution in [0.15, 0.2) is 5.16 Å². The van der Waals surface area contributed by atoms with Crippen LogP contribution in [0.25, 0.3) is 0 Å². The van der Waals surface area contributed by atoms with Gasteiger partial charge < -0.3 is 21.0 Å². The van der Waals surface area contributed by atoms with Crippen molar-refractivity contribution in [2.75, 3.05) is 20.3 Å². The maximum atomic E-state index is 8.51. The standard InChI is InChI=1S/C10H21N3O2/c1-8(6-15-2)12-7-10(3-4-10)5-9(11)13-14/h8,12,14H,3-7H2,1-2H3,(H2,11,13). The first-order valence-electron chi connectivity index (χ1n) is 5.30. The Morgan fingerprint density at radius 1 is 1.67 bits per heavy atom. The molecule has 1 unspecified atom stereocenters. The molecule has 1 rings (SSSR count). The molecule has 0 bridgehead atoms. The first-order chi connectivity index (χ1) is 7.12. The summed E-state index contributed by atoms with van der Waals surface area (Å²) in [5.74, 6) is 0.327. The molecule has 0 spiro atoms. The number of hydrogen-bond donors (Lipinski definition) is 3. The molecule has 1 atom stereocenters. The fourth-order valence-corrected chi connectivity index (χ4v) is 1.71. The lowest BCUT2D eigenvalue weighted by molar-refractivity contribution is 0.169. The molecule has 0 aromatic carbocycles. The highest BCUT2D eigenvalue weighted by Gasteiger charge is 2.43. The predicted molar refractivity (Wildman–Crippen MR) is 59.0 cm³/mol. The van der Waals surface area contributed by atoms with Crippen molar-refractivity contribution in [2.45, 2.75) is 32.2 Å². The number of nitrogens with two attached hydrogens (primary N) is 1. The highest BCUT2D eigenvalue weighted by molar-refractivity contribution is 5.80. The van der Waals surface area contributed by atoms with Crippen molar-refractivity contribution in [1.29, 1.82) is 0 Å². The van der Waals surface area contributed by atoms with E-state index in [0.29, 0.717) is 24.9 Å². The zero-order valence-corrected chi connectivity index (χ0v) is 9.49. The third kappa shape index (κ3) is 4.05. The van der Waals surface area contributed by atoms with Gasteiger partial charge in [-0.25, -0.2) is 0 Å². The van der Waals surface area contributed by atoms with E-state index in [1.54, 1.807) is 7.11 Å². The van der Waals surface area contributed by atoms with Crippen LogP contribution in [0.5, 0.6) is 0 Å². The molecule has 5 nitrogen and oxygen atoms in total. The zero-order valence-electron chi connectivity index (χ0n) is 9.49. The van der Waals surface area contributed by atoms with Crippen LogP contribution in [0, 0.1) is 5.41 Å². The van der Waals surface area contributed by atoms with Gasteiger partial charge in [-0.15, -0.1) is 0 Å². The average Bonchev–Trinajstić information content (AvgIpc) is 2.96. The molecule has 5 heteroatoms. The number of oxime groups is 1. The van der Waals surface area contributed by atoms with Gasteiger partial charge in [0.1, 0.15) is 5.84 Å².